The number of phenolic OH excluding ortho intramolecular Hbond substituents is 1. The van der Waals surface area contributed by atoms with E-state index in [-0.39, 0.29) is 12.1 Å². The molecule has 2 aromatic rings. The molecule has 1 fully saturated rings. The van der Waals surface area contributed by atoms with Crippen LogP contribution in [-0.4, -0.2) is 61.2 Å². The van der Waals surface area contributed by atoms with Crippen LogP contribution in [0, 0.1) is 5.82 Å². The molecule has 7 nitrogen and oxygen atoms in total. The number of carbonyl (C=O) groups is 1. The van der Waals surface area contributed by atoms with Gasteiger partial charge in [0.2, 0.25) is 10.0 Å². The van der Waals surface area contributed by atoms with Crippen LogP contribution in [0.15, 0.2) is 42.5 Å². The zero-order chi connectivity index (χ0) is 21.2. The minimum Gasteiger partial charge on any atom is -0.505 e. The van der Waals surface area contributed by atoms with Crippen molar-refractivity contribution in [2.45, 2.75) is 18.9 Å². The zero-order valence-corrected chi connectivity index (χ0v) is 17.1. The number of sulfonamides is 1. The lowest BCUT2D eigenvalue weighted by Gasteiger charge is -2.35. The normalized spacial score (nSPS) is 15.8. The second kappa shape index (κ2) is 8.38. The van der Waals surface area contributed by atoms with Crippen LogP contribution < -0.4 is 5.32 Å². The molecule has 1 saturated heterocycles. The van der Waals surface area contributed by atoms with Gasteiger partial charge in [-0.3, -0.25) is 0 Å². The maximum absolute atomic E-state index is 13.5. The molecule has 3 rings (SSSR count). The Labute approximate surface area is 169 Å². The molecule has 9 heteroatoms. The van der Waals surface area contributed by atoms with Crippen molar-refractivity contribution in [2.75, 3.05) is 31.7 Å². The van der Waals surface area contributed by atoms with E-state index in [9.17, 15) is 22.7 Å². The molecule has 0 radical (unpaired) electrons. The maximum atomic E-state index is 13.5. The Morgan fingerprint density at radius 3 is 2.28 bits per heavy atom. The van der Waals surface area contributed by atoms with Crippen molar-refractivity contribution in [2.24, 2.45) is 0 Å². The van der Waals surface area contributed by atoms with E-state index in [1.54, 1.807) is 42.3 Å². The average molecular weight is 421 g/mol. The first kappa shape index (κ1) is 21.1. The van der Waals surface area contributed by atoms with E-state index in [0.29, 0.717) is 37.2 Å². The van der Waals surface area contributed by atoms with Crippen molar-refractivity contribution in [3.63, 3.8) is 0 Å². The van der Waals surface area contributed by atoms with Crippen LogP contribution in [0.1, 0.15) is 12.8 Å². The number of phenols is 1. The second-order valence-corrected chi connectivity index (χ2v) is 9.16. The molecule has 0 aromatic heterocycles. The topological polar surface area (TPSA) is 90.0 Å². The van der Waals surface area contributed by atoms with Gasteiger partial charge in [-0.2, -0.15) is 0 Å². The van der Waals surface area contributed by atoms with Gasteiger partial charge in [0.15, 0.2) is 11.6 Å². The molecule has 2 N–H and O–H groups in total. The van der Waals surface area contributed by atoms with Crippen LogP contribution in [0.5, 0.6) is 5.75 Å². The number of carbonyl (C=O) groups excluding carboxylic acids is 1. The van der Waals surface area contributed by atoms with Gasteiger partial charge in [0.1, 0.15) is 0 Å². The van der Waals surface area contributed by atoms with E-state index < -0.39 is 21.6 Å². The standard InChI is InChI=1S/C20H24FN3O4S/c1-23(17-9-11-24(12-10-17)29(2,27)28)20(26)22-16-6-3-14(4-7-16)15-5-8-19(25)18(21)13-15/h3-8,13,17,25H,9-12H2,1-2H3,(H,22,26). The van der Waals surface area contributed by atoms with Crippen LogP contribution in [0.4, 0.5) is 14.9 Å². The molecule has 0 unspecified atom stereocenters. The smallest absolute Gasteiger partial charge is 0.321 e. The van der Waals surface area contributed by atoms with Gasteiger partial charge >= 0.3 is 6.03 Å². The van der Waals surface area contributed by atoms with Crippen LogP contribution in [0.25, 0.3) is 11.1 Å². The first-order valence-corrected chi connectivity index (χ1v) is 11.1. The number of piperidine rings is 1. The molecule has 0 spiro atoms. The number of urea groups is 1. The average Bonchev–Trinajstić information content (AvgIpc) is 2.69. The molecule has 156 valence electrons. The Morgan fingerprint density at radius 2 is 1.72 bits per heavy atom. The van der Waals surface area contributed by atoms with Gasteiger partial charge in [0.05, 0.1) is 6.26 Å². The minimum absolute atomic E-state index is 0.0350. The maximum Gasteiger partial charge on any atom is 0.321 e. The van der Waals surface area contributed by atoms with Crippen LogP contribution >= 0.6 is 0 Å². The number of aromatic hydroxyl groups is 1. The van der Waals surface area contributed by atoms with Crippen molar-refractivity contribution in [1.29, 1.82) is 0 Å². The largest absolute Gasteiger partial charge is 0.505 e. The lowest BCUT2D eigenvalue weighted by molar-refractivity contribution is 0.174. The summed E-state index contributed by atoms with van der Waals surface area (Å²) in [4.78, 5) is 14.1. The minimum atomic E-state index is -3.20. The van der Waals surface area contributed by atoms with Gasteiger partial charge < -0.3 is 15.3 Å². The summed E-state index contributed by atoms with van der Waals surface area (Å²) in [6.07, 6.45) is 2.37. The van der Waals surface area contributed by atoms with E-state index >= 15 is 0 Å². The molecule has 0 atom stereocenters. The molecule has 0 saturated carbocycles. The molecule has 2 amide bonds. The van der Waals surface area contributed by atoms with Gasteiger partial charge in [0.25, 0.3) is 0 Å². The predicted octanol–water partition coefficient (Wildman–Crippen LogP) is 3.09. The summed E-state index contributed by atoms with van der Waals surface area (Å²) in [6, 6.07) is 10.8. The summed E-state index contributed by atoms with van der Waals surface area (Å²) in [5.74, 6) is -1.09. The summed E-state index contributed by atoms with van der Waals surface area (Å²) in [5.41, 5.74) is 1.97. The second-order valence-electron chi connectivity index (χ2n) is 7.18. The molecule has 29 heavy (non-hydrogen) atoms. The molecule has 0 bridgehead atoms. The van der Waals surface area contributed by atoms with E-state index in [2.05, 4.69) is 5.32 Å². The Balaban J connectivity index is 1.60. The molecule has 2 aromatic carbocycles. The van der Waals surface area contributed by atoms with Gasteiger partial charge in [-0.1, -0.05) is 18.2 Å². The number of amides is 2. The first-order valence-electron chi connectivity index (χ1n) is 9.23. The fourth-order valence-corrected chi connectivity index (χ4v) is 4.25. The number of hydrogen-bond donors (Lipinski definition) is 2. The number of rotatable bonds is 4. The third kappa shape index (κ3) is 5.04. The van der Waals surface area contributed by atoms with Crippen molar-refractivity contribution in [3.8, 4) is 16.9 Å². The van der Waals surface area contributed by atoms with E-state index in [1.165, 1.54) is 22.7 Å². The number of halogens is 1. The van der Waals surface area contributed by atoms with Gasteiger partial charge in [0, 0.05) is 31.9 Å². The third-order valence-electron chi connectivity index (χ3n) is 5.18. The van der Waals surface area contributed by atoms with E-state index in [4.69, 9.17) is 0 Å². The molecular weight excluding hydrogens is 397 g/mol. The highest BCUT2D eigenvalue weighted by Gasteiger charge is 2.29. The Hall–Kier alpha value is -2.65. The number of nitrogens with zero attached hydrogens (tertiary/aromatic N) is 2. The molecule has 1 aliphatic heterocycles. The van der Waals surface area contributed by atoms with E-state index in [1.807, 2.05) is 0 Å². The highest BCUT2D eigenvalue weighted by Crippen LogP contribution is 2.26. The van der Waals surface area contributed by atoms with Crippen molar-refractivity contribution in [1.82, 2.24) is 9.21 Å². The molecule has 0 aliphatic carbocycles. The quantitative estimate of drug-likeness (QED) is 0.794. The Bertz CT molecular complexity index is 987. The van der Waals surface area contributed by atoms with Crippen molar-refractivity contribution in [3.05, 3.63) is 48.3 Å². The number of hydrogen-bond acceptors (Lipinski definition) is 4. The highest BCUT2D eigenvalue weighted by atomic mass is 32.2. The first-order chi connectivity index (χ1) is 13.6. The number of anilines is 1. The summed E-state index contributed by atoms with van der Waals surface area (Å²) >= 11 is 0. The zero-order valence-electron chi connectivity index (χ0n) is 16.3. The Morgan fingerprint density at radius 1 is 1.14 bits per heavy atom. The van der Waals surface area contributed by atoms with Gasteiger partial charge in [-0.25, -0.2) is 21.9 Å². The summed E-state index contributed by atoms with van der Waals surface area (Å²) in [7, 11) is -1.50. The monoisotopic (exact) mass is 421 g/mol. The fraction of sp³-hybridized carbons (Fsp3) is 0.350. The van der Waals surface area contributed by atoms with Crippen LogP contribution in [0.2, 0.25) is 0 Å². The fourth-order valence-electron chi connectivity index (χ4n) is 3.37. The van der Waals surface area contributed by atoms with Gasteiger partial charge in [-0.15, -0.1) is 0 Å². The third-order valence-corrected chi connectivity index (χ3v) is 6.48. The lowest BCUT2D eigenvalue weighted by atomic mass is 10.0. The number of nitrogens with one attached hydrogen (secondary N) is 1. The summed E-state index contributed by atoms with van der Waals surface area (Å²) < 4.78 is 38.2. The van der Waals surface area contributed by atoms with Crippen LogP contribution in [-0.2, 0) is 10.0 Å². The van der Waals surface area contributed by atoms with Gasteiger partial charge in [-0.05, 0) is 48.2 Å². The molecular formula is C20H24FN3O4S. The Kier molecular flexibility index (Phi) is 6.09. The molecule has 1 aliphatic rings. The predicted molar refractivity (Wildman–Crippen MR) is 110 cm³/mol. The highest BCUT2D eigenvalue weighted by molar-refractivity contribution is 7.88. The van der Waals surface area contributed by atoms with Crippen molar-refractivity contribution >= 4 is 21.7 Å². The summed E-state index contributed by atoms with van der Waals surface area (Å²) in [5, 5.41) is 12.1. The lowest BCUT2D eigenvalue weighted by Crippen LogP contribution is -2.48. The summed E-state index contributed by atoms with van der Waals surface area (Å²) in [6.45, 7) is 0.804. The van der Waals surface area contributed by atoms with Crippen LogP contribution in [0.3, 0.4) is 0 Å². The molecule has 1 heterocycles. The van der Waals surface area contributed by atoms with E-state index in [0.717, 1.165) is 5.56 Å². The SMILES string of the molecule is CN(C(=O)Nc1ccc(-c2ccc(O)c(F)c2)cc1)C1CCN(S(C)(=O)=O)CC1. The van der Waals surface area contributed by atoms with Crippen molar-refractivity contribution < 1.29 is 22.7 Å². The number of benzene rings is 2.